The highest BCUT2D eigenvalue weighted by molar-refractivity contribution is 9.10. The molecule has 140 valence electrons. The second-order valence-corrected chi connectivity index (χ2v) is 7.96. The van der Waals surface area contributed by atoms with Crippen LogP contribution in [0.15, 0.2) is 29.0 Å². The number of fused-ring (bicyclic) bond motifs is 2. The predicted molar refractivity (Wildman–Crippen MR) is 103 cm³/mol. The van der Waals surface area contributed by atoms with Gasteiger partial charge in [0.15, 0.2) is 5.65 Å². The molecule has 2 aromatic heterocycles. The molecule has 3 heterocycles. The molecule has 0 radical (unpaired) electrons. The molecule has 1 unspecified atom stereocenters. The van der Waals surface area contributed by atoms with Gasteiger partial charge in [0.2, 0.25) is 5.95 Å². The van der Waals surface area contributed by atoms with Crippen molar-refractivity contribution in [3.05, 3.63) is 51.6 Å². The molecule has 1 fully saturated rings. The Morgan fingerprint density at radius 2 is 2.26 bits per heavy atom. The van der Waals surface area contributed by atoms with Crippen molar-refractivity contribution in [2.24, 2.45) is 11.7 Å². The average Bonchev–Trinajstić information content (AvgIpc) is 3.23. The number of nitrogens with one attached hydrogen (secondary N) is 1. The molecule has 1 atom stereocenters. The quantitative estimate of drug-likeness (QED) is 0.645. The van der Waals surface area contributed by atoms with Crippen LogP contribution in [0.3, 0.4) is 0 Å². The molecule has 6 nitrogen and oxygen atoms in total. The Balaban J connectivity index is 1.47. The van der Waals surface area contributed by atoms with E-state index in [2.05, 4.69) is 31.2 Å². The Kier molecular flexibility index (Phi) is 4.05. The molecular weight excluding hydrogens is 413 g/mol. The van der Waals surface area contributed by atoms with E-state index in [0.717, 1.165) is 46.4 Å². The summed E-state index contributed by atoms with van der Waals surface area (Å²) in [4.78, 5) is 9.13. The van der Waals surface area contributed by atoms with E-state index in [9.17, 15) is 4.39 Å². The van der Waals surface area contributed by atoms with Gasteiger partial charge in [0.1, 0.15) is 11.6 Å². The molecule has 0 saturated heterocycles. The molecule has 1 aliphatic heterocycles. The summed E-state index contributed by atoms with van der Waals surface area (Å²) >= 11 is 3.50. The van der Waals surface area contributed by atoms with Gasteiger partial charge in [-0.2, -0.15) is 0 Å². The highest BCUT2D eigenvalue weighted by Crippen LogP contribution is 2.39. The number of nitrogens with two attached hydrogens (primary N) is 1. The molecule has 1 saturated carbocycles. The molecule has 5 rings (SSSR count). The number of ether oxygens (including phenoxy) is 1. The second kappa shape index (κ2) is 6.45. The lowest BCUT2D eigenvalue weighted by Gasteiger charge is -2.12. The van der Waals surface area contributed by atoms with Gasteiger partial charge in [0.25, 0.3) is 0 Å². The first-order chi connectivity index (χ1) is 13.1. The monoisotopic (exact) mass is 431 g/mol. The van der Waals surface area contributed by atoms with Gasteiger partial charge in [-0.3, -0.25) is 4.40 Å². The van der Waals surface area contributed by atoms with Crippen molar-refractivity contribution in [2.75, 3.05) is 11.9 Å². The fourth-order valence-electron chi connectivity index (χ4n) is 3.63. The summed E-state index contributed by atoms with van der Waals surface area (Å²) in [5.41, 5.74) is 9.47. The van der Waals surface area contributed by atoms with Crippen LogP contribution in [0.25, 0.3) is 5.65 Å². The molecule has 27 heavy (non-hydrogen) atoms. The van der Waals surface area contributed by atoms with Crippen LogP contribution in [0, 0.1) is 11.7 Å². The van der Waals surface area contributed by atoms with Gasteiger partial charge in [0.05, 0.1) is 22.8 Å². The Morgan fingerprint density at radius 3 is 3.07 bits per heavy atom. The SMILES string of the molecule is NC(c1cn2c(NCc3c(F)ccc4c3CCO4)ncc(Br)c2n1)C1CC1. The Morgan fingerprint density at radius 1 is 1.41 bits per heavy atom. The highest BCUT2D eigenvalue weighted by Gasteiger charge is 2.31. The fraction of sp³-hybridized carbons (Fsp3) is 0.368. The first-order valence-corrected chi connectivity index (χ1v) is 9.87. The minimum Gasteiger partial charge on any atom is -0.493 e. The smallest absolute Gasteiger partial charge is 0.208 e. The molecule has 0 bridgehead atoms. The number of anilines is 1. The van der Waals surface area contributed by atoms with Gasteiger partial charge >= 0.3 is 0 Å². The number of nitrogens with zero attached hydrogens (tertiary/aromatic N) is 3. The van der Waals surface area contributed by atoms with Crippen LogP contribution in [0.1, 0.15) is 35.7 Å². The zero-order chi connectivity index (χ0) is 18.5. The third-order valence-electron chi connectivity index (χ3n) is 5.30. The Hall–Kier alpha value is -2.19. The topological polar surface area (TPSA) is 77.5 Å². The first-order valence-electron chi connectivity index (χ1n) is 9.08. The van der Waals surface area contributed by atoms with Crippen LogP contribution in [0.5, 0.6) is 5.75 Å². The van der Waals surface area contributed by atoms with E-state index < -0.39 is 0 Å². The van der Waals surface area contributed by atoms with Crippen molar-refractivity contribution in [1.29, 1.82) is 0 Å². The zero-order valence-electron chi connectivity index (χ0n) is 14.6. The number of hydrogen-bond donors (Lipinski definition) is 2. The van der Waals surface area contributed by atoms with Crippen molar-refractivity contribution in [3.63, 3.8) is 0 Å². The number of aromatic nitrogens is 3. The van der Waals surface area contributed by atoms with Crippen LogP contribution >= 0.6 is 15.9 Å². The average molecular weight is 432 g/mol. The standard InChI is InChI=1S/C19H19BrFN5O/c20-13-8-24-19(26-9-15(25-18(13)26)17(22)10-1-2-10)23-7-12-11-5-6-27-16(11)4-3-14(12)21/h3-4,8-10,17H,1-2,5-7,22H2,(H,23,24). The van der Waals surface area contributed by atoms with Crippen molar-refractivity contribution in [1.82, 2.24) is 14.4 Å². The van der Waals surface area contributed by atoms with Crippen LogP contribution in [0.4, 0.5) is 10.3 Å². The first kappa shape index (κ1) is 16.9. The van der Waals surface area contributed by atoms with Gasteiger partial charge in [-0.25, -0.2) is 14.4 Å². The van der Waals surface area contributed by atoms with Crippen molar-refractivity contribution >= 4 is 27.5 Å². The van der Waals surface area contributed by atoms with E-state index in [0.29, 0.717) is 30.6 Å². The lowest BCUT2D eigenvalue weighted by molar-refractivity contribution is 0.356. The van der Waals surface area contributed by atoms with Gasteiger partial charge in [-0.05, 0) is 46.8 Å². The van der Waals surface area contributed by atoms with Crippen molar-refractivity contribution < 1.29 is 9.13 Å². The Labute approximate surface area is 164 Å². The normalized spacial score (nSPS) is 17.0. The number of rotatable bonds is 5. The third-order valence-corrected chi connectivity index (χ3v) is 5.86. The van der Waals surface area contributed by atoms with Gasteiger partial charge in [0, 0.05) is 36.5 Å². The molecule has 3 aromatic rings. The van der Waals surface area contributed by atoms with E-state index in [4.69, 9.17) is 10.5 Å². The summed E-state index contributed by atoms with van der Waals surface area (Å²) in [6, 6.07) is 3.09. The highest BCUT2D eigenvalue weighted by atomic mass is 79.9. The number of halogens is 2. The summed E-state index contributed by atoms with van der Waals surface area (Å²) in [6.45, 7) is 0.917. The predicted octanol–water partition coefficient (Wildman–Crippen LogP) is 3.59. The summed E-state index contributed by atoms with van der Waals surface area (Å²) in [6.07, 6.45) is 6.65. The summed E-state index contributed by atoms with van der Waals surface area (Å²) in [5, 5.41) is 3.25. The van der Waals surface area contributed by atoms with Gasteiger partial charge < -0.3 is 15.8 Å². The second-order valence-electron chi connectivity index (χ2n) is 7.11. The maximum atomic E-state index is 14.4. The summed E-state index contributed by atoms with van der Waals surface area (Å²) < 4.78 is 22.6. The largest absolute Gasteiger partial charge is 0.493 e. The maximum Gasteiger partial charge on any atom is 0.208 e. The number of hydrogen-bond acceptors (Lipinski definition) is 5. The Bertz CT molecular complexity index is 1030. The number of benzene rings is 1. The zero-order valence-corrected chi connectivity index (χ0v) is 16.2. The lowest BCUT2D eigenvalue weighted by Crippen LogP contribution is -2.12. The molecule has 0 amide bonds. The molecule has 2 aliphatic rings. The summed E-state index contributed by atoms with van der Waals surface area (Å²) in [7, 11) is 0. The molecule has 0 spiro atoms. The van der Waals surface area contributed by atoms with Crippen molar-refractivity contribution in [3.8, 4) is 5.75 Å². The maximum absolute atomic E-state index is 14.4. The molecule has 3 N–H and O–H groups in total. The van der Waals surface area contributed by atoms with E-state index in [1.54, 1.807) is 12.3 Å². The minimum absolute atomic E-state index is 0.0587. The fourth-order valence-corrected chi connectivity index (χ4v) is 4.01. The van der Waals surface area contributed by atoms with E-state index in [1.165, 1.54) is 6.07 Å². The van der Waals surface area contributed by atoms with Crippen molar-refractivity contribution in [2.45, 2.75) is 31.8 Å². The minimum atomic E-state index is -0.234. The molecule has 1 aliphatic carbocycles. The molecular formula is C19H19BrFN5O. The van der Waals surface area contributed by atoms with E-state index in [-0.39, 0.29) is 11.9 Å². The van der Waals surface area contributed by atoms with Crippen LogP contribution < -0.4 is 15.8 Å². The lowest BCUT2D eigenvalue weighted by atomic mass is 10.0. The van der Waals surface area contributed by atoms with Crippen LogP contribution in [-0.2, 0) is 13.0 Å². The molecule has 1 aromatic carbocycles. The number of imidazole rings is 1. The third kappa shape index (κ3) is 2.96. The molecule has 8 heteroatoms. The van der Waals surface area contributed by atoms with E-state index >= 15 is 0 Å². The van der Waals surface area contributed by atoms with Gasteiger partial charge in [-0.15, -0.1) is 0 Å². The van der Waals surface area contributed by atoms with Gasteiger partial charge in [-0.1, -0.05) is 0 Å². The summed E-state index contributed by atoms with van der Waals surface area (Å²) in [5.74, 6) is 1.65. The van der Waals surface area contributed by atoms with Crippen LogP contribution in [0.2, 0.25) is 0 Å². The van der Waals surface area contributed by atoms with Crippen LogP contribution in [-0.4, -0.2) is 21.0 Å². The van der Waals surface area contributed by atoms with E-state index in [1.807, 2.05) is 10.6 Å².